The number of hydrogen-bond donors (Lipinski definition) is 0. The Morgan fingerprint density at radius 3 is 2.95 bits per heavy atom. The SMILES string of the molecule is CCC1CCCCN1C(=O)CCOc1ccccc1F. The summed E-state index contributed by atoms with van der Waals surface area (Å²) in [6.45, 7) is 3.19. The van der Waals surface area contributed by atoms with E-state index in [9.17, 15) is 9.18 Å². The highest BCUT2D eigenvalue weighted by atomic mass is 19.1. The number of hydrogen-bond acceptors (Lipinski definition) is 2. The number of ether oxygens (including phenoxy) is 1. The predicted molar refractivity (Wildman–Crippen MR) is 76.2 cm³/mol. The van der Waals surface area contributed by atoms with Crippen molar-refractivity contribution in [1.29, 1.82) is 0 Å². The number of nitrogens with zero attached hydrogens (tertiary/aromatic N) is 1. The number of carbonyl (C=O) groups is 1. The van der Waals surface area contributed by atoms with Crippen LogP contribution in [0.3, 0.4) is 0 Å². The van der Waals surface area contributed by atoms with E-state index >= 15 is 0 Å². The first-order valence-corrected chi connectivity index (χ1v) is 7.39. The molecule has 1 aliphatic heterocycles. The van der Waals surface area contributed by atoms with Crippen molar-refractivity contribution in [2.75, 3.05) is 13.2 Å². The Morgan fingerprint density at radius 2 is 2.20 bits per heavy atom. The molecular weight excluding hydrogens is 257 g/mol. The van der Waals surface area contributed by atoms with Crippen LogP contribution < -0.4 is 4.74 Å². The standard InChI is InChI=1S/C16H22FNO2/c1-2-13-7-5-6-11-18(13)16(19)10-12-20-15-9-4-3-8-14(15)17/h3-4,8-9,13H,2,5-7,10-12H2,1H3. The molecule has 2 rings (SSSR count). The van der Waals surface area contributed by atoms with Crippen LogP contribution in [-0.2, 0) is 4.79 Å². The molecule has 110 valence electrons. The monoisotopic (exact) mass is 279 g/mol. The lowest BCUT2D eigenvalue weighted by Crippen LogP contribution is -2.43. The summed E-state index contributed by atoms with van der Waals surface area (Å²) in [5.41, 5.74) is 0. The van der Waals surface area contributed by atoms with Crippen LogP contribution in [0.25, 0.3) is 0 Å². The van der Waals surface area contributed by atoms with E-state index in [0.717, 1.165) is 25.8 Å². The second kappa shape index (κ2) is 7.27. The Labute approximate surface area is 119 Å². The van der Waals surface area contributed by atoms with Gasteiger partial charge in [0.25, 0.3) is 0 Å². The topological polar surface area (TPSA) is 29.5 Å². The summed E-state index contributed by atoms with van der Waals surface area (Å²) in [5.74, 6) is -0.0526. The van der Waals surface area contributed by atoms with E-state index < -0.39 is 0 Å². The molecule has 0 saturated carbocycles. The first-order chi connectivity index (χ1) is 9.72. The molecular formula is C16H22FNO2. The fourth-order valence-electron chi connectivity index (χ4n) is 2.71. The minimum Gasteiger partial charge on any atom is -0.490 e. The lowest BCUT2D eigenvalue weighted by atomic mass is 10.00. The van der Waals surface area contributed by atoms with E-state index in [1.165, 1.54) is 12.5 Å². The van der Waals surface area contributed by atoms with Gasteiger partial charge in [-0.2, -0.15) is 0 Å². The third-order valence-electron chi connectivity index (χ3n) is 3.83. The first kappa shape index (κ1) is 14.8. The fourth-order valence-corrected chi connectivity index (χ4v) is 2.71. The molecule has 20 heavy (non-hydrogen) atoms. The van der Waals surface area contributed by atoms with Crippen LogP contribution in [0.15, 0.2) is 24.3 Å². The Kier molecular flexibility index (Phi) is 5.39. The molecule has 0 aliphatic carbocycles. The minimum absolute atomic E-state index is 0.118. The van der Waals surface area contributed by atoms with Gasteiger partial charge in [0.15, 0.2) is 11.6 Å². The van der Waals surface area contributed by atoms with Crippen LogP contribution >= 0.6 is 0 Å². The third-order valence-corrected chi connectivity index (χ3v) is 3.83. The van der Waals surface area contributed by atoms with Gasteiger partial charge in [-0.05, 0) is 37.8 Å². The summed E-state index contributed by atoms with van der Waals surface area (Å²) in [5, 5.41) is 0. The number of carbonyl (C=O) groups excluding carboxylic acids is 1. The Hall–Kier alpha value is -1.58. The fraction of sp³-hybridized carbons (Fsp3) is 0.562. The van der Waals surface area contributed by atoms with Crippen molar-refractivity contribution in [3.8, 4) is 5.75 Å². The van der Waals surface area contributed by atoms with Crippen LogP contribution in [0.4, 0.5) is 4.39 Å². The van der Waals surface area contributed by atoms with Gasteiger partial charge in [-0.1, -0.05) is 19.1 Å². The number of likely N-dealkylation sites (tertiary alicyclic amines) is 1. The molecule has 1 heterocycles. The first-order valence-electron chi connectivity index (χ1n) is 7.39. The maximum absolute atomic E-state index is 13.4. The van der Waals surface area contributed by atoms with Crippen LogP contribution in [-0.4, -0.2) is 30.0 Å². The van der Waals surface area contributed by atoms with Crippen LogP contribution in [0, 0.1) is 5.82 Å². The Balaban J connectivity index is 1.81. The van der Waals surface area contributed by atoms with Gasteiger partial charge in [-0.25, -0.2) is 4.39 Å². The zero-order valence-electron chi connectivity index (χ0n) is 12.0. The van der Waals surface area contributed by atoms with E-state index in [-0.39, 0.29) is 24.1 Å². The molecule has 0 bridgehead atoms. The van der Waals surface area contributed by atoms with Crippen molar-refractivity contribution >= 4 is 5.91 Å². The average Bonchev–Trinajstić information content (AvgIpc) is 2.49. The van der Waals surface area contributed by atoms with Gasteiger partial charge in [0.1, 0.15) is 0 Å². The van der Waals surface area contributed by atoms with Crippen molar-refractivity contribution in [1.82, 2.24) is 4.90 Å². The van der Waals surface area contributed by atoms with Crippen molar-refractivity contribution in [3.05, 3.63) is 30.1 Å². The molecule has 1 saturated heterocycles. The van der Waals surface area contributed by atoms with Crippen LogP contribution in [0.5, 0.6) is 5.75 Å². The second-order valence-electron chi connectivity index (χ2n) is 5.17. The van der Waals surface area contributed by atoms with Gasteiger partial charge in [-0.3, -0.25) is 4.79 Å². The van der Waals surface area contributed by atoms with Gasteiger partial charge < -0.3 is 9.64 Å². The van der Waals surface area contributed by atoms with Gasteiger partial charge in [-0.15, -0.1) is 0 Å². The van der Waals surface area contributed by atoms with E-state index in [1.807, 2.05) is 4.90 Å². The summed E-state index contributed by atoms with van der Waals surface area (Å²) in [7, 11) is 0. The average molecular weight is 279 g/mol. The molecule has 1 aliphatic rings. The van der Waals surface area contributed by atoms with Crippen molar-refractivity contribution in [2.24, 2.45) is 0 Å². The molecule has 3 nitrogen and oxygen atoms in total. The molecule has 1 atom stereocenters. The van der Waals surface area contributed by atoms with Gasteiger partial charge in [0, 0.05) is 12.6 Å². The molecule has 1 aromatic carbocycles. The number of rotatable bonds is 5. The minimum atomic E-state index is -0.385. The van der Waals surface area contributed by atoms with E-state index in [1.54, 1.807) is 18.2 Å². The zero-order chi connectivity index (χ0) is 14.4. The van der Waals surface area contributed by atoms with Crippen molar-refractivity contribution in [2.45, 2.75) is 45.1 Å². The summed E-state index contributed by atoms with van der Waals surface area (Å²) >= 11 is 0. The number of para-hydroxylation sites is 1. The maximum Gasteiger partial charge on any atom is 0.226 e. The van der Waals surface area contributed by atoms with Crippen LogP contribution in [0.1, 0.15) is 39.0 Å². The lowest BCUT2D eigenvalue weighted by molar-refractivity contribution is -0.135. The molecule has 1 unspecified atom stereocenters. The van der Waals surface area contributed by atoms with Gasteiger partial charge >= 0.3 is 0 Å². The van der Waals surface area contributed by atoms with Gasteiger partial charge in [0.05, 0.1) is 13.0 Å². The van der Waals surface area contributed by atoms with Crippen molar-refractivity contribution in [3.63, 3.8) is 0 Å². The molecule has 0 spiro atoms. The number of piperidine rings is 1. The highest BCUT2D eigenvalue weighted by Gasteiger charge is 2.24. The zero-order valence-corrected chi connectivity index (χ0v) is 12.0. The Bertz CT molecular complexity index is 450. The number of amides is 1. The third kappa shape index (κ3) is 3.71. The maximum atomic E-state index is 13.4. The summed E-state index contributed by atoms with van der Waals surface area (Å²) in [4.78, 5) is 14.2. The van der Waals surface area contributed by atoms with E-state index in [2.05, 4.69) is 6.92 Å². The quantitative estimate of drug-likeness (QED) is 0.827. The van der Waals surface area contributed by atoms with E-state index in [4.69, 9.17) is 4.74 Å². The second-order valence-corrected chi connectivity index (χ2v) is 5.17. The summed E-state index contributed by atoms with van der Waals surface area (Å²) in [6, 6.07) is 6.64. The lowest BCUT2D eigenvalue weighted by Gasteiger charge is -2.35. The van der Waals surface area contributed by atoms with Crippen LogP contribution in [0.2, 0.25) is 0 Å². The summed E-state index contributed by atoms with van der Waals surface area (Å²) < 4.78 is 18.7. The Morgan fingerprint density at radius 1 is 1.40 bits per heavy atom. The molecule has 0 radical (unpaired) electrons. The van der Waals surface area contributed by atoms with E-state index in [0.29, 0.717) is 12.5 Å². The smallest absolute Gasteiger partial charge is 0.226 e. The van der Waals surface area contributed by atoms with Gasteiger partial charge in [0.2, 0.25) is 5.91 Å². The molecule has 1 fully saturated rings. The molecule has 1 aromatic rings. The molecule has 0 aromatic heterocycles. The normalized spacial score (nSPS) is 18.9. The molecule has 4 heteroatoms. The predicted octanol–water partition coefficient (Wildman–Crippen LogP) is 3.39. The van der Waals surface area contributed by atoms with Crippen molar-refractivity contribution < 1.29 is 13.9 Å². The highest BCUT2D eigenvalue weighted by molar-refractivity contribution is 5.76. The summed E-state index contributed by atoms with van der Waals surface area (Å²) in [6.07, 6.45) is 4.69. The molecule has 1 amide bonds. The highest BCUT2D eigenvalue weighted by Crippen LogP contribution is 2.20. The molecule has 0 N–H and O–H groups in total. The largest absolute Gasteiger partial charge is 0.490 e. The number of halogens is 1. The number of benzene rings is 1.